The van der Waals surface area contributed by atoms with Gasteiger partial charge in [0.2, 0.25) is 0 Å². The zero-order chi connectivity index (χ0) is 10.8. The van der Waals surface area contributed by atoms with Gasteiger partial charge in [0.05, 0.1) is 12.7 Å². The van der Waals surface area contributed by atoms with Crippen LogP contribution < -0.4 is 0 Å². The van der Waals surface area contributed by atoms with Gasteiger partial charge in [0.15, 0.2) is 5.76 Å². The number of carboxylic acid groups (broad SMARTS) is 1. The molecule has 2 aromatic heterocycles. The van der Waals surface area contributed by atoms with Gasteiger partial charge < -0.3 is 9.52 Å². The van der Waals surface area contributed by atoms with Crippen molar-refractivity contribution in [2.75, 3.05) is 0 Å². The van der Waals surface area contributed by atoms with Crippen LogP contribution in [0.25, 0.3) is 11.5 Å². The van der Waals surface area contributed by atoms with E-state index in [0.29, 0.717) is 17.0 Å². The Kier molecular flexibility index (Phi) is 2.29. The summed E-state index contributed by atoms with van der Waals surface area (Å²) < 4.78 is 5.22. The molecular formula is C10H10N2O3. The largest absolute Gasteiger partial charge is 0.481 e. The summed E-state index contributed by atoms with van der Waals surface area (Å²) in [5.41, 5.74) is 2.17. The number of aromatic amines is 1. The number of rotatable bonds is 3. The van der Waals surface area contributed by atoms with Crippen LogP contribution in [0, 0.1) is 6.92 Å². The summed E-state index contributed by atoms with van der Waals surface area (Å²) in [6, 6.07) is 3.46. The maximum atomic E-state index is 10.6. The first kappa shape index (κ1) is 9.51. The maximum absolute atomic E-state index is 10.6. The molecule has 2 aromatic rings. The fourth-order valence-corrected chi connectivity index (χ4v) is 1.40. The van der Waals surface area contributed by atoms with Crippen molar-refractivity contribution in [3.63, 3.8) is 0 Å². The molecule has 0 aliphatic rings. The Morgan fingerprint density at radius 3 is 3.07 bits per heavy atom. The standard InChI is InChI=1S/C10H10N2O3/c1-6-4-8(12-11-6)10-7(2-3-15-10)5-9(13)14/h2-4H,5H2,1H3,(H,11,12)(H,13,14). The number of nitrogens with zero attached hydrogens (tertiary/aromatic N) is 1. The number of aryl methyl sites for hydroxylation is 1. The van der Waals surface area contributed by atoms with Crippen LogP contribution in [0.4, 0.5) is 0 Å². The van der Waals surface area contributed by atoms with E-state index in [9.17, 15) is 4.79 Å². The highest BCUT2D eigenvalue weighted by Crippen LogP contribution is 2.23. The van der Waals surface area contributed by atoms with Crippen LogP contribution in [-0.4, -0.2) is 21.3 Å². The van der Waals surface area contributed by atoms with Gasteiger partial charge in [-0.05, 0) is 19.1 Å². The summed E-state index contributed by atoms with van der Waals surface area (Å²) >= 11 is 0. The molecule has 0 saturated carbocycles. The van der Waals surface area contributed by atoms with Crippen molar-refractivity contribution in [1.82, 2.24) is 10.2 Å². The lowest BCUT2D eigenvalue weighted by atomic mass is 10.1. The third-order valence-electron chi connectivity index (χ3n) is 2.03. The first-order valence-corrected chi connectivity index (χ1v) is 4.47. The van der Waals surface area contributed by atoms with Gasteiger partial charge in [-0.2, -0.15) is 5.10 Å². The molecule has 2 rings (SSSR count). The molecule has 0 aliphatic heterocycles. The van der Waals surface area contributed by atoms with E-state index in [1.165, 1.54) is 6.26 Å². The summed E-state index contributed by atoms with van der Waals surface area (Å²) in [7, 11) is 0. The van der Waals surface area contributed by atoms with Crippen molar-refractivity contribution in [2.24, 2.45) is 0 Å². The molecule has 0 amide bonds. The highest BCUT2D eigenvalue weighted by Gasteiger charge is 2.13. The molecule has 0 saturated heterocycles. The Morgan fingerprint density at radius 2 is 2.47 bits per heavy atom. The van der Waals surface area contributed by atoms with E-state index >= 15 is 0 Å². The molecule has 5 heteroatoms. The predicted octanol–water partition coefficient (Wildman–Crippen LogP) is 1.61. The van der Waals surface area contributed by atoms with E-state index < -0.39 is 5.97 Å². The van der Waals surface area contributed by atoms with Crippen molar-refractivity contribution >= 4 is 5.97 Å². The Labute approximate surface area is 85.7 Å². The van der Waals surface area contributed by atoms with E-state index in [-0.39, 0.29) is 6.42 Å². The normalized spacial score (nSPS) is 10.5. The number of aliphatic carboxylic acids is 1. The second-order valence-electron chi connectivity index (χ2n) is 3.28. The van der Waals surface area contributed by atoms with Crippen LogP contribution in [0.2, 0.25) is 0 Å². The Morgan fingerprint density at radius 1 is 1.67 bits per heavy atom. The van der Waals surface area contributed by atoms with Gasteiger partial charge in [0.1, 0.15) is 5.69 Å². The number of hydrogen-bond donors (Lipinski definition) is 2. The first-order chi connectivity index (χ1) is 7.16. The maximum Gasteiger partial charge on any atom is 0.307 e. The number of hydrogen-bond acceptors (Lipinski definition) is 3. The number of carbonyl (C=O) groups is 1. The minimum absolute atomic E-state index is 0.0578. The molecule has 0 bridgehead atoms. The lowest BCUT2D eigenvalue weighted by Crippen LogP contribution is -1.99. The molecule has 0 aliphatic carbocycles. The molecule has 0 unspecified atom stereocenters. The molecule has 15 heavy (non-hydrogen) atoms. The van der Waals surface area contributed by atoms with Gasteiger partial charge in [0, 0.05) is 11.3 Å². The number of furan rings is 1. The molecule has 0 fully saturated rings. The van der Waals surface area contributed by atoms with Gasteiger partial charge in [-0.3, -0.25) is 9.89 Å². The van der Waals surface area contributed by atoms with Gasteiger partial charge in [-0.1, -0.05) is 0 Å². The topological polar surface area (TPSA) is 79.1 Å². The predicted molar refractivity (Wildman–Crippen MR) is 52.4 cm³/mol. The van der Waals surface area contributed by atoms with E-state index in [0.717, 1.165) is 5.69 Å². The summed E-state index contributed by atoms with van der Waals surface area (Å²) in [5.74, 6) is -0.369. The molecule has 0 atom stereocenters. The average molecular weight is 206 g/mol. The molecule has 2 heterocycles. The molecule has 0 radical (unpaired) electrons. The van der Waals surface area contributed by atoms with Gasteiger partial charge in [0.25, 0.3) is 0 Å². The molecule has 0 aromatic carbocycles. The van der Waals surface area contributed by atoms with Gasteiger partial charge in [-0.25, -0.2) is 0 Å². The first-order valence-electron chi connectivity index (χ1n) is 4.47. The zero-order valence-electron chi connectivity index (χ0n) is 8.15. The minimum atomic E-state index is -0.884. The van der Waals surface area contributed by atoms with Crippen LogP contribution in [0.15, 0.2) is 22.8 Å². The van der Waals surface area contributed by atoms with Crippen molar-refractivity contribution in [3.05, 3.63) is 29.7 Å². The van der Waals surface area contributed by atoms with Crippen LogP contribution in [0.3, 0.4) is 0 Å². The number of aromatic nitrogens is 2. The van der Waals surface area contributed by atoms with Crippen LogP contribution in [-0.2, 0) is 11.2 Å². The van der Waals surface area contributed by atoms with Crippen LogP contribution >= 0.6 is 0 Å². The monoisotopic (exact) mass is 206 g/mol. The second-order valence-corrected chi connectivity index (χ2v) is 3.28. The Bertz CT molecular complexity index is 484. The zero-order valence-corrected chi connectivity index (χ0v) is 8.15. The third kappa shape index (κ3) is 1.90. The minimum Gasteiger partial charge on any atom is -0.481 e. The lowest BCUT2D eigenvalue weighted by Gasteiger charge is -1.95. The highest BCUT2D eigenvalue weighted by molar-refractivity contribution is 5.73. The van der Waals surface area contributed by atoms with Crippen molar-refractivity contribution in [2.45, 2.75) is 13.3 Å². The van der Waals surface area contributed by atoms with Crippen molar-refractivity contribution in [1.29, 1.82) is 0 Å². The molecule has 2 N–H and O–H groups in total. The molecule has 78 valence electrons. The molecule has 0 spiro atoms. The summed E-state index contributed by atoms with van der Waals surface area (Å²) in [4.78, 5) is 10.6. The molecular weight excluding hydrogens is 196 g/mol. The fraction of sp³-hybridized carbons (Fsp3) is 0.200. The Balaban J connectivity index is 2.36. The second kappa shape index (κ2) is 3.61. The van der Waals surface area contributed by atoms with E-state index in [4.69, 9.17) is 9.52 Å². The van der Waals surface area contributed by atoms with Crippen molar-refractivity contribution < 1.29 is 14.3 Å². The number of H-pyrrole nitrogens is 1. The van der Waals surface area contributed by atoms with Crippen LogP contribution in [0.5, 0.6) is 0 Å². The highest BCUT2D eigenvalue weighted by atomic mass is 16.4. The number of nitrogens with one attached hydrogen (secondary N) is 1. The van der Waals surface area contributed by atoms with E-state index in [1.54, 1.807) is 6.07 Å². The average Bonchev–Trinajstić information content (AvgIpc) is 2.72. The fourth-order valence-electron chi connectivity index (χ4n) is 1.40. The summed E-state index contributed by atoms with van der Waals surface area (Å²) in [6.45, 7) is 1.87. The van der Waals surface area contributed by atoms with Gasteiger partial charge in [-0.15, -0.1) is 0 Å². The Hall–Kier alpha value is -2.04. The SMILES string of the molecule is Cc1cc(-c2occc2CC(=O)O)n[nH]1. The van der Waals surface area contributed by atoms with E-state index in [2.05, 4.69) is 10.2 Å². The van der Waals surface area contributed by atoms with Crippen LogP contribution in [0.1, 0.15) is 11.3 Å². The van der Waals surface area contributed by atoms with Gasteiger partial charge >= 0.3 is 5.97 Å². The smallest absolute Gasteiger partial charge is 0.307 e. The lowest BCUT2D eigenvalue weighted by molar-refractivity contribution is -0.136. The molecule has 5 nitrogen and oxygen atoms in total. The summed E-state index contributed by atoms with van der Waals surface area (Å²) in [5, 5.41) is 15.5. The summed E-state index contributed by atoms with van der Waals surface area (Å²) in [6.07, 6.45) is 1.41. The van der Waals surface area contributed by atoms with E-state index in [1.807, 2.05) is 13.0 Å². The quantitative estimate of drug-likeness (QED) is 0.799. The number of carboxylic acids is 1. The third-order valence-corrected chi connectivity index (χ3v) is 2.03. The van der Waals surface area contributed by atoms with Crippen molar-refractivity contribution in [3.8, 4) is 11.5 Å².